The summed E-state index contributed by atoms with van der Waals surface area (Å²) in [5.74, 6) is 3.58. The van der Waals surface area contributed by atoms with Crippen LogP contribution in [-0.2, 0) is 0 Å². The third kappa shape index (κ3) is 2.41. The van der Waals surface area contributed by atoms with Crippen LogP contribution in [0.2, 0.25) is 0 Å². The van der Waals surface area contributed by atoms with Crippen molar-refractivity contribution in [2.45, 2.75) is 86.0 Å². The molecule has 0 aromatic rings. The Morgan fingerprint density at radius 3 is 2.57 bits per heavy atom. The molecule has 0 radical (unpaired) electrons. The predicted octanol–water partition coefficient (Wildman–Crippen LogP) is 6.61. The first-order valence-electron chi connectivity index (χ1n) is 9.61. The summed E-state index contributed by atoms with van der Waals surface area (Å²) in [5.41, 5.74) is 3.08. The average molecular weight is 289 g/mol. The van der Waals surface area contributed by atoms with E-state index in [0.29, 0.717) is 10.8 Å². The van der Waals surface area contributed by atoms with Crippen LogP contribution in [0.4, 0.5) is 0 Å². The number of hydrogen-bond acceptors (Lipinski definition) is 0. The fraction of sp³-hybridized carbons (Fsp3) is 0.905. The normalized spacial score (nSPS) is 46.8. The van der Waals surface area contributed by atoms with Gasteiger partial charge in [0.1, 0.15) is 0 Å². The molecule has 3 aliphatic carbocycles. The molecule has 3 rings (SSSR count). The van der Waals surface area contributed by atoms with Gasteiger partial charge in [0.15, 0.2) is 0 Å². The summed E-state index contributed by atoms with van der Waals surface area (Å²) in [6.07, 6.45) is 14.3. The molecule has 0 heterocycles. The van der Waals surface area contributed by atoms with Gasteiger partial charge >= 0.3 is 0 Å². The number of hydrogen-bond donors (Lipinski definition) is 0. The lowest BCUT2D eigenvalue weighted by Gasteiger charge is -2.60. The fourth-order valence-electron chi connectivity index (χ4n) is 6.40. The lowest BCUT2D eigenvalue weighted by Crippen LogP contribution is -2.51. The monoisotopic (exact) mass is 288 g/mol. The molecule has 3 aliphatic rings. The summed E-state index contributed by atoms with van der Waals surface area (Å²) < 4.78 is 0. The Balaban J connectivity index is 1.91. The van der Waals surface area contributed by atoms with Crippen LogP contribution in [0, 0.1) is 34.5 Å². The summed E-state index contributed by atoms with van der Waals surface area (Å²) in [6.45, 7) is 12.5. The van der Waals surface area contributed by atoms with E-state index in [1.54, 1.807) is 0 Å². The Hall–Kier alpha value is -0.260. The molecular weight excluding hydrogens is 252 g/mol. The van der Waals surface area contributed by atoms with E-state index < -0.39 is 0 Å². The number of fused-ring (bicyclic) bond motifs is 3. The van der Waals surface area contributed by atoms with Crippen molar-refractivity contribution < 1.29 is 0 Å². The Kier molecular flexibility index (Phi) is 4.04. The Morgan fingerprint density at radius 2 is 1.90 bits per heavy atom. The highest BCUT2D eigenvalue weighted by atomic mass is 14.6. The molecule has 120 valence electrons. The van der Waals surface area contributed by atoms with E-state index in [4.69, 9.17) is 0 Å². The fourth-order valence-corrected chi connectivity index (χ4v) is 6.40. The SMILES string of the molecule is CC[C@]1(C)CCCC2(C)[C@H]1CCC1=C[C@@H](C(C)C)CC[C@@H]12. The molecule has 0 N–H and O–H groups in total. The van der Waals surface area contributed by atoms with Gasteiger partial charge in [-0.25, -0.2) is 0 Å². The molecule has 0 aromatic carbocycles. The van der Waals surface area contributed by atoms with Gasteiger partial charge in [-0.2, -0.15) is 0 Å². The standard InChI is InChI=1S/C21H36/c1-6-20(4)12-7-13-21(5)18-10-8-16(15(2)3)14-17(18)9-11-19(20)21/h14-16,18-19H,6-13H2,1-5H3/t16-,18-,19-,20+,21?/m0/s1. The second kappa shape index (κ2) is 5.43. The molecule has 0 saturated heterocycles. The maximum Gasteiger partial charge on any atom is -0.0146 e. The molecule has 5 atom stereocenters. The van der Waals surface area contributed by atoms with E-state index in [1.165, 1.54) is 51.4 Å². The van der Waals surface area contributed by atoms with Crippen LogP contribution in [-0.4, -0.2) is 0 Å². The van der Waals surface area contributed by atoms with Gasteiger partial charge in [-0.15, -0.1) is 0 Å². The third-order valence-electron chi connectivity index (χ3n) is 7.95. The zero-order valence-electron chi connectivity index (χ0n) is 15.0. The van der Waals surface area contributed by atoms with E-state index >= 15 is 0 Å². The lowest BCUT2D eigenvalue weighted by atomic mass is 9.45. The van der Waals surface area contributed by atoms with Crippen molar-refractivity contribution in [3.63, 3.8) is 0 Å². The minimum absolute atomic E-state index is 0.606. The Bertz CT molecular complexity index is 418. The second-order valence-corrected chi connectivity index (χ2v) is 9.24. The maximum absolute atomic E-state index is 2.72. The molecule has 0 amide bonds. The quantitative estimate of drug-likeness (QED) is 0.501. The van der Waals surface area contributed by atoms with Crippen molar-refractivity contribution in [2.24, 2.45) is 34.5 Å². The highest BCUT2D eigenvalue weighted by Crippen LogP contribution is 2.64. The molecule has 2 fully saturated rings. The van der Waals surface area contributed by atoms with Gasteiger partial charge in [-0.3, -0.25) is 0 Å². The van der Waals surface area contributed by atoms with Gasteiger partial charge < -0.3 is 0 Å². The van der Waals surface area contributed by atoms with E-state index in [1.807, 2.05) is 5.57 Å². The van der Waals surface area contributed by atoms with E-state index in [9.17, 15) is 0 Å². The zero-order chi connectivity index (χ0) is 15.3. The molecule has 0 aromatic heterocycles. The molecule has 0 aliphatic heterocycles. The van der Waals surface area contributed by atoms with Crippen molar-refractivity contribution in [1.82, 2.24) is 0 Å². The maximum atomic E-state index is 2.72. The molecule has 1 unspecified atom stereocenters. The van der Waals surface area contributed by atoms with Gasteiger partial charge in [0.25, 0.3) is 0 Å². The minimum Gasteiger partial charge on any atom is -0.0817 e. The van der Waals surface area contributed by atoms with E-state index in [2.05, 4.69) is 40.7 Å². The van der Waals surface area contributed by atoms with Crippen LogP contribution in [0.1, 0.15) is 86.0 Å². The van der Waals surface area contributed by atoms with Crippen molar-refractivity contribution in [1.29, 1.82) is 0 Å². The second-order valence-electron chi connectivity index (χ2n) is 9.24. The lowest BCUT2D eigenvalue weighted by molar-refractivity contribution is -0.0687. The van der Waals surface area contributed by atoms with Crippen LogP contribution >= 0.6 is 0 Å². The summed E-state index contributed by atoms with van der Waals surface area (Å²) in [6, 6.07) is 0. The Labute approximate surface area is 132 Å². The zero-order valence-corrected chi connectivity index (χ0v) is 15.0. The molecular formula is C21H36. The van der Waals surface area contributed by atoms with E-state index in [0.717, 1.165) is 23.7 Å². The van der Waals surface area contributed by atoms with Crippen LogP contribution < -0.4 is 0 Å². The number of allylic oxidation sites excluding steroid dienone is 2. The van der Waals surface area contributed by atoms with Gasteiger partial charge in [0, 0.05) is 0 Å². The van der Waals surface area contributed by atoms with Gasteiger partial charge in [-0.05, 0) is 73.0 Å². The van der Waals surface area contributed by atoms with Crippen molar-refractivity contribution >= 4 is 0 Å². The van der Waals surface area contributed by atoms with Gasteiger partial charge in [0.05, 0.1) is 0 Å². The van der Waals surface area contributed by atoms with Crippen LogP contribution in [0.5, 0.6) is 0 Å². The number of rotatable bonds is 2. The predicted molar refractivity (Wildman–Crippen MR) is 92.2 cm³/mol. The molecule has 0 heteroatoms. The highest BCUT2D eigenvalue weighted by Gasteiger charge is 2.54. The third-order valence-corrected chi connectivity index (χ3v) is 7.95. The van der Waals surface area contributed by atoms with E-state index in [-0.39, 0.29) is 0 Å². The smallest absolute Gasteiger partial charge is 0.0146 e. The summed E-state index contributed by atoms with van der Waals surface area (Å²) in [5, 5.41) is 0. The average Bonchev–Trinajstić information content (AvgIpc) is 2.46. The molecule has 0 spiro atoms. The molecule has 21 heavy (non-hydrogen) atoms. The first kappa shape index (κ1) is 15.6. The van der Waals surface area contributed by atoms with Crippen LogP contribution in [0.25, 0.3) is 0 Å². The van der Waals surface area contributed by atoms with Crippen molar-refractivity contribution in [3.8, 4) is 0 Å². The van der Waals surface area contributed by atoms with Crippen LogP contribution in [0.15, 0.2) is 11.6 Å². The molecule has 2 saturated carbocycles. The first-order valence-corrected chi connectivity index (χ1v) is 9.61. The minimum atomic E-state index is 0.606. The first-order chi connectivity index (χ1) is 9.90. The summed E-state index contributed by atoms with van der Waals surface area (Å²) in [4.78, 5) is 0. The summed E-state index contributed by atoms with van der Waals surface area (Å²) >= 11 is 0. The topological polar surface area (TPSA) is 0 Å². The van der Waals surface area contributed by atoms with Gasteiger partial charge in [0.2, 0.25) is 0 Å². The Morgan fingerprint density at radius 1 is 1.14 bits per heavy atom. The summed E-state index contributed by atoms with van der Waals surface area (Å²) in [7, 11) is 0. The van der Waals surface area contributed by atoms with Crippen molar-refractivity contribution in [2.75, 3.05) is 0 Å². The molecule has 0 bridgehead atoms. The van der Waals surface area contributed by atoms with Crippen molar-refractivity contribution in [3.05, 3.63) is 11.6 Å². The molecule has 0 nitrogen and oxygen atoms in total. The largest absolute Gasteiger partial charge is 0.0817 e. The highest BCUT2D eigenvalue weighted by molar-refractivity contribution is 5.22. The van der Waals surface area contributed by atoms with Crippen LogP contribution in [0.3, 0.4) is 0 Å². The van der Waals surface area contributed by atoms with Gasteiger partial charge in [-0.1, -0.05) is 59.1 Å².